The van der Waals surface area contributed by atoms with E-state index in [0.717, 1.165) is 26.8 Å². The van der Waals surface area contributed by atoms with Crippen molar-refractivity contribution in [3.63, 3.8) is 0 Å². The molecule has 0 aliphatic rings. The van der Waals surface area contributed by atoms with Crippen molar-refractivity contribution in [2.75, 3.05) is 0 Å². The molecule has 3 heteroatoms. The number of nitrogens with zero attached hydrogens (tertiary/aromatic N) is 2. The van der Waals surface area contributed by atoms with E-state index in [0.29, 0.717) is 0 Å². The number of fused-ring (bicyclic) bond motifs is 3. The Kier molecular flexibility index (Phi) is 1.82. The van der Waals surface area contributed by atoms with E-state index >= 15 is 0 Å². The van der Waals surface area contributed by atoms with Gasteiger partial charge in [0.25, 0.3) is 0 Å². The van der Waals surface area contributed by atoms with Crippen LogP contribution < -0.4 is 0 Å². The Morgan fingerprint density at radius 2 is 1.87 bits per heavy atom. The molecule has 0 saturated heterocycles. The number of aromatic nitrogens is 2. The van der Waals surface area contributed by atoms with Gasteiger partial charge in [0, 0.05) is 22.0 Å². The monoisotopic (exact) mass is 214 g/mol. The summed E-state index contributed by atoms with van der Waals surface area (Å²) < 4.78 is 0. The van der Waals surface area contributed by atoms with E-state index in [2.05, 4.69) is 9.97 Å². The number of hydrogen-bond acceptors (Lipinski definition) is 2. The summed E-state index contributed by atoms with van der Waals surface area (Å²) >= 11 is 5.97. The zero-order valence-corrected chi connectivity index (χ0v) is 8.57. The minimum Gasteiger partial charge on any atom is -0.255 e. The van der Waals surface area contributed by atoms with Gasteiger partial charge in [-0.25, -0.2) is 0 Å². The summed E-state index contributed by atoms with van der Waals surface area (Å²) in [4.78, 5) is 8.58. The lowest BCUT2D eigenvalue weighted by molar-refractivity contribution is 1.36. The van der Waals surface area contributed by atoms with Crippen molar-refractivity contribution in [2.24, 2.45) is 0 Å². The van der Waals surface area contributed by atoms with Gasteiger partial charge in [-0.1, -0.05) is 17.7 Å². The summed E-state index contributed by atoms with van der Waals surface area (Å²) in [6.45, 7) is 0. The third kappa shape index (κ3) is 1.34. The number of pyridine rings is 2. The van der Waals surface area contributed by atoms with Crippen LogP contribution >= 0.6 is 11.6 Å². The molecule has 0 fully saturated rings. The van der Waals surface area contributed by atoms with Crippen molar-refractivity contribution in [2.45, 2.75) is 0 Å². The lowest BCUT2D eigenvalue weighted by atomic mass is 10.1. The molecule has 3 aromatic rings. The van der Waals surface area contributed by atoms with Crippen molar-refractivity contribution in [3.8, 4) is 0 Å². The first-order valence-electron chi connectivity index (χ1n) is 4.63. The molecule has 0 aliphatic heterocycles. The first-order chi connectivity index (χ1) is 7.34. The number of benzene rings is 1. The molecule has 0 N–H and O–H groups in total. The largest absolute Gasteiger partial charge is 0.255 e. The van der Waals surface area contributed by atoms with Gasteiger partial charge in [0.05, 0.1) is 17.2 Å². The van der Waals surface area contributed by atoms with E-state index in [-0.39, 0.29) is 0 Å². The Morgan fingerprint density at radius 1 is 0.933 bits per heavy atom. The maximum absolute atomic E-state index is 5.97. The van der Waals surface area contributed by atoms with E-state index in [1.165, 1.54) is 0 Å². The second kappa shape index (κ2) is 3.17. The van der Waals surface area contributed by atoms with Gasteiger partial charge in [0.15, 0.2) is 0 Å². The second-order valence-electron chi connectivity index (χ2n) is 3.36. The molecule has 2 nitrogen and oxygen atoms in total. The molecule has 1 aromatic carbocycles. The normalized spacial score (nSPS) is 11.0. The van der Waals surface area contributed by atoms with E-state index in [9.17, 15) is 0 Å². The average Bonchev–Trinajstić information content (AvgIpc) is 2.29. The molecule has 0 amide bonds. The quantitative estimate of drug-likeness (QED) is 0.536. The lowest BCUT2D eigenvalue weighted by Crippen LogP contribution is -1.83. The third-order valence-corrected chi connectivity index (χ3v) is 2.65. The second-order valence-corrected chi connectivity index (χ2v) is 3.79. The van der Waals surface area contributed by atoms with Crippen LogP contribution in [0.15, 0.2) is 42.7 Å². The van der Waals surface area contributed by atoms with E-state index < -0.39 is 0 Å². The Bertz CT molecular complexity index is 649. The summed E-state index contributed by atoms with van der Waals surface area (Å²) in [5.74, 6) is 0. The average molecular weight is 215 g/mol. The smallest absolute Gasteiger partial charge is 0.0891 e. The van der Waals surface area contributed by atoms with Gasteiger partial charge in [-0.3, -0.25) is 9.97 Å². The Balaban J connectivity index is 2.57. The van der Waals surface area contributed by atoms with E-state index in [1.807, 2.05) is 30.3 Å². The molecule has 3 rings (SSSR count). The summed E-state index contributed by atoms with van der Waals surface area (Å²) in [6, 6.07) is 9.64. The van der Waals surface area contributed by atoms with Crippen LogP contribution in [0.25, 0.3) is 21.8 Å². The van der Waals surface area contributed by atoms with Gasteiger partial charge < -0.3 is 0 Å². The van der Waals surface area contributed by atoms with Crippen LogP contribution in [-0.4, -0.2) is 9.97 Å². The summed E-state index contributed by atoms with van der Waals surface area (Å²) in [7, 11) is 0. The Hall–Kier alpha value is -1.67. The molecule has 2 aromatic heterocycles. The summed E-state index contributed by atoms with van der Waals surface area (Å²) in [5.41, 5.74) is 1.84. The van der Waals surface area contributed by atoms with Gasteiger partial charge in [0.1, 0.15) is 0 Å². The molecule has 72 valence electrons. The zero-order valence-electron chi connectivity index (χ0n) is 7.81. The Labute approximate surface area is 91.5 Å². The van der Waals surface area contributed by atoms with Gasteiger partial charge in [-0.05, 0) is 24.3 Å². The standard InChI is InChI=1S/C12H7ClN2/c13-8-3-4-11-10(6-8)9-2-1-5-14-12(9)7-15-11/h1-7H. The van der Waals surface area contributed by atoms with E-state index in [4.69, 9.17) is 11.6 Å². The first-order valence-corrected chi connectivity index (χ1v) is 5.01. The van der Waals surface area contributed by atoms with Gasteiger partial charge in [-0.2, -0.15) is 0 Å². The molecular formula is C12H7ClN2. The number of rotatable bonds is 0. The molecule has 0 aliphatic carbocycles. The molecular weight excluding hydrogens is 208 g/mol. The minimum absolute atomic E-state index is 0.723. The van der Waals surface area contributed by atoms with Crippen LogP contribution in [0, 0.1) is 0 Å². The van der Waals surface area contributed by atoms with Crippen LogP contribution in [0.4, 0.5) is 0 Å². The molecule has 0 atom stereocenters. The predicted octanol–water partition coefficient (Wildman–Crippen LogP) is 3.44. The zero-order chi connectivity index (χ0) is 10.3. The highest BCUT2D eigenvalue weighted by Gasteiger charge is 2.01. The highest BCUT2D eigenvalue weighted by Crippen LogP contribution is 2.24. The summed E-state index contributed by atoms with van der Waals surface area (Å²) in [6.07, 6.45) is 3.55. The molecule has 0 bridgehead atoms. The topological polar surface area (TPSA) is 25.8 Å². The number of halogens is 1. The van der Waals surface area contributed by atoms with Gasteiger partial charge in [-0.15, -0.1) is 0 Å². The molecule has 0 radical (unpaired) electrons. The molecule has 0 saturated carbocycles. The van der Waals surface area contributed by atoms with Gasteiger partial charge >= 0.3 is 0 Å². The fraction of sp³-hybridized carbons (Fsp3) is 0. The Morgan fingerprint density at radius 3 is 2.80 bits per heavy atom. The third-order valence-electron chi connectivity index (χ3n) is 2.41. The molecule has 2 heterocycles. The van der Waals surface area contributed by atoms with Crippen molar-refractivity contribution >= 4 is 33.4 Å². The van der Waals surface area contributed by atoms with Crippen molar-refractivity contribution in [1.82, 2.24) is 9.97 Å². The van der Waals surface area contributed by atoms with Crippen molar-refractivity contribution < 1.29 is 0 Å². The van der Waals surface area contributed by atoms with Gasteiger partial charge in [0.2, 0.25) is 0 Å². The van der Waals surface area contributed by atoms with Crippen molar-refractivity contribution in [1.29, 1.82) is 0 Å². The maximum Gasteiger partial charge on any atom is 0.0891 e. The van der Waals surface area contributed by atoms with Crippen LogP contribution in [-0.2, 0) is 0 Å². The highest BCUT2D eigenvalue weighted by atomic mass is 35.5. The SMILES string of the molecule is Clc1ccc2ncc3ncccc3c2c1. The fourth-order valence-corrected chi connectivity index (χ4v) is 1.89. The van der Waals surface area contributed by atoms with Crippen LogP contribution in [0.5, 0.6) is 0 Å². The highest BCUT2D eigenvalue weighted by molar-refractivity contribution is 6.31. The lowest BCUT2D eigenvalue weighted by Gasteiger charge is -2.02. The fourth-order valence-electron chi connectivity index (χ4n) is 1.72. The van der Waals surface area contributed by atoms with Crippen LogP contribution in [0.2, 0.25) is 5.02 Å². The minimum atomic E-state index is 0.723. The predicted molar refractivity (Wildman–Crippen MR) is 62.1 cm³/mol. The first kappa shape index (κ1) is 8.62. The maximum atomic E-state index is 5.97. The molecule has 0 spiro atoms. The van der Waals surface area contributed by atoms with Crippen LogP contribution in [0.1, 0.15) is 0 Å². The van der Waals surface area contributed by atoms with E-state index in [1.54, 1.807) is 12.4 Å². The molecule has 0 unspecified atom stereocenters. The molecule has 15 heavy (non-hydrogen) atoms. The summed E-state index contributed by atoms with van der Waals surface area (Å²) in [5, 5.41) is 2.86. The van der Waals surface area contributed by atoms with Crippen molar-refractivity contribution in [3.05, 3.63) is 47.7 Å². The number of hydrogen-bond donors (Lipinski definition) is 0. The van der Waals surface area contributed by atoms with Crippen LogP contribution in [0.3, 0.4) is 0 Å².